The average molecular weight is 387 g/mol. The molecule has 2 rings (SSSR count). The first-order valence-electron chi connectivity index (χ1n) is 7.03. The Morgan fingerprint density at radius 1 is 1.21 bits per heavy atom. The summed E-state index contributed by atoms with van der Waals surface area (Å²) in [6, 6.07) is 10.7. The van der Waals surface area contributed by atoms with Crippen LogP contribution in [0.3, 0.4) is 0 Å². The normalized spacial score (nSPS) is 12.7. The summed E-state index contributed by atoms with van der Waals surface area (Å²) >= 11 is 11.9. The van der Waals surface area contributed by atoms with Crippen LogP contribution in [0, 0.1) is 0 Å². The molecule has 0 saturated heterocycles. The minimum Gasteiger partial charge on any atom is -0.349 e. The van der Waals surface area contributed by atoms with Crippen molar-refractivity contribution >= 4 is 39.1 Å². The van der Waals surface area contributed by atoms with Crippen LogP contribution in [0.2, 0.25) is 10.0 Å². The van der Waals surface area contributed by atoms with E-state index in [1.165, 1.54) is 12.1 Å². The Bertz CT molecular complexity index is 869. The molecule has 0 spiro atoms. The maximum absolute atomic E-state index is 12.2. The Balaban J connectivity index is 2.09. The first kappa shape index (κ1) is 18.7. The van der Waals surface area contributed by atoms with Gasteiger partial charge in [-0.1, -0.05) is 41.4 Å². The molecule has 0 bridgehead atoms. The topological polar surface area (TPSA) is 89.3 Å². The van der Waals surface area contributed by atoms with Crippen molar-refractivity contribution in [1.29, 1.82) is 0 Å². The molecule has 0 heterocycles. The molecule has 24 heavy (non-hydrogen) atoms. The van der Waals surface area contributed by atoms with E-state index in [1.54, 1.807) is 37.3 Å². The number of carbonyl (C=O) groups excluding carboxylic acids is 1. The van der Waals surface area contributed by atoms with Gasteiger partial charge in [0.25, 0.3) is 0 Å². The molecule has 2 aromatic carbocycles. The van der Waals surface area contributed by atoms with Crippen molar-refractivity contribution in [3.63, 3.8) is 0 Å². The second-order valence-corrected chi connectivity index (χ2v) is 7.72. The van der Waals surface area contributed by atoms with Crippen LogP contribution in [0.4, 0.5) is 0 Å². The summed E-state index contributed by atoms with van der Waals surface area (Å²) in [5.74, 6) is -0.243. The third-order valence-corrected chi connectivity index (χ3v) is 4.93. The molecule has 0 fully saturated rings. The minimum atomic E-state index is -3.79. The van der Waals surface area contributed by atoms with E-state index >= 15 is 0 Å². The third-order valence-electron chi connectivity index (χ3n) is 3.43. The first-order chi connectivity index (χ1) is 11.2. The molecule has 5 nitrogen and oxygen atoms in total. The fraction of sp³-hybridized carbons (Fsp3) is 0.188. The van der Waals surface area contributed by atoms with Gasteiger partial charge in [-0.05, 0) is 42.3 Å². The standard InChI is InChI=1S/C16H16Cl2N2O3S/c1-10(11-3-2-4-14(7-11)24(19,22)23)20-16(21)8-12-5-6-13(17)9-15(12)18/h2-7,9-10H,8H2,1H3,(H,20,21)(H2,19,22,23). The Morgan fingerprint density at radius 3 is 2.54 bits per heavy atom. The van der Waals surface area contributed by atoms with Crippen LogP contribution in [-0.4, -0.2) is 14.3 Å². The Hall–Kier alpha value is -1.60. The molecular weight excluding hydrogens is 371 g/mol. The molecule has 0 saturated carbocycles. The van der Waals surface area contributed by atoms with Crippen molar-refractivity contribution in [2.24, 2.45) is 5.14 Å². The number of benzene rings is 2. The van der Waals surface area contributed by atoms with Crippen molar-refractivity contribution in [2.75, 3.05) is 0 Å². The first-order valence-corrected chi connectivity index (χ1v) is 9.33. The second kappa shape index (κ2) is 7.53. The number of nitrogens with one attached hydrogen (secondary N) is 1. The maximum atomic E-state index is 12.2. The SMILES string of the molecule is CC(NC(=O)Cc1ccc(Cl)cc1Cl)c1cccc(S(N)(=O)=O)c1. The molecule has 128 valence electrons. The second-order valence-electron chi connectivity index (χ2n) is 5.32. The summed E-state index contributed by atoms with van der Waals surface area (Å²) in [5.41, 5.74) is 1.29. The largest absolute Gasteiger partial charge is 0.349 e. The van der Waals surface area contributed by atoms with Crippen molar-refractivity contribution in [3.05, 3.63) is 63.6 Å². The molecule has 0 aromatic heterocycles. The molecule has 0 aliphatic rings. The molecule has 8 heteroatoms. The minimum absolute atomic E-state index is 0.00171. The highest BCUT2D eigenvalue weighted by Crippen LogP contribution is 2.22. The quantitative estimate of drug-likeness (QED) is 0.826. The van der Waals surface area contributed by atoms with Gasteiger partial charge in [-0.15, -0.1) is 0 Å². The fourth-order valence-corrected chi connectivity index (χ4v) is 3.22. The fourth-order valence-electron chi connectivity index (χ4n) is 2.17. The number of hydrogen-bond acceptors (Lipinski definition) is 3. The van der Waals surface area contributed by atoms with E-state index in [0.717, 1.165) is 0 Å². The van der Waals surface area contributed by atoms with Gasteiger partial charge in [0.1, 0.15) is 0 Å². The van der Waals surface area contributed by atoms with Crippen molar-refractivity contribution in [3.8, 4) is 0 Å². The summed E-state index contributed by atoms with van der Waals surface area (Å²) in [5, 5.41) is 8.83. The summed E-state index contributed by atoms with van der Waals surface area (Å²) in [6.45, 7) is 1.75. The van der Waals surface area contributed by atoms with E-state index in [-0.39, 0.29) is 23.3 Å². The van der Waals surface area contributed by atoms with E-state index in [2.05, 4.69) is 5.32 Å². The third kappa shape index (κ3) is 4.95. The van der Waals surface area contributed by atoms with Crippen LogP contribution in [0.25, 0.3) is 0 Å². The Kier molecular flexibility index (Phi) is 5.87. The van der Waals surface area contributed by atoms with Crippen LogP contribution in [0.5, 0.6) is 0 Å². The highest BCUT2D eigenvalue weighted by atomic mass is 35.5. The Labute approximate surface area is 150 Å². The van der Waals surface area contributed by atoms with E-state index in [9.17, 15) is 13.2 Å². The summed E-state index contributed by atoms with van der Waals surface area (Å²) in [6.07, 6.45) is 0.0925. The zero-order chi connectivity index (χ0) is 17.9. The highest BCUT2D eigenvalue weighted by Gasteiger charge is 2.14. The lowest BCUT2D eigenvalue weighted by molar-refractivity contribution is -0.121. The zero-order valence-electron chi connectivity index (χ0n) is 12.8. The number of hydrogen-bond donors (Lipinski definition) is 2. The average Bonchev–Trinajstić information content (AvgIpc) is 2.49. The van der Waals surface area contributed by atoms with Crippen molar-refractivity contribution < 1.29 is 13.2 Å². The lowest BCUT2D eigenvalue weighted by Crippen LogP contribution is -2.28. The predicted octanol–water partition coefficient (Wildman–Crippen LogP) is 3.06. The molecule has 1 atom stereocenters. The number of primary sulfonamides is 1. The molecule has 0 aliphatic carbocycles. The lowest BCUT2D eigenvalue weighted by atomic mass is 10.1. The van der Waals surface area contributed by atoms with Gasteiger partial charge in [0.05, 0.1) is 17.4 Å². The number of rotatable bonds is 5. The van der Waals surface area contributed by atoms with Gasteiger partial charge in [0.15, 0.2) is 0 Å². The van der Waals surface area contributed by atoms with Gasteiger partial charge in [-0.25, -0.2) is 13.6 Å². The molecular formula is C16H16Cl2N2O3S. The summed E-state index contributed by atoms with van der Waals surface area (Å²) in [4.78, 5) is 12.2. The molecule has 1 unspecified atom stereocenters. The van der Waals surface area contributed by atoms with Crippen molar-refractivity contribution in [2.45, 2.75) is 24.3 Å². The number of nitrogens with two attached hydrogens (primary N) is 1. The highest BCUT2D eigenvalue weighted by molar-refractivity contribution is 7.89. The summed E-state index contributed by atoms with van der Waals surface area (Å²) < 4.78 is 22.8. The van der Waals surface area contributed by atoms with Gasteiger partial charge >= 0.3 is 0 Å². The molecule has 2 aromatic rings. The molecule has 0 aliphatic heterocycles. The predicted molar refractivity (Wildman–Crippen MR) is 94.5 cm³/mol. The van der Waals surface area contributed by atoms with Gasteiger partial charge in [0, 0.05) is 10.0 Å². The molecule has 3 N–H and O–H groups in total. The van der Waals surface area contributed by atoms with E-state index in [4.69, 9.17) is 28.3 Å². The monoisotopic (exact) mass is 386 g/mol. The van der Waals surface area contributed by atoms with Crippen molar-refractivity contribution in [1.82, 2.24) is 5.32 Å². The Morgan fingerprint density at radius 2 is 1.92 bits per heavy atom. The molecule has 0 radical (unpaired) electrons. The van der Waals surface area contributed by atoms with Crippen LogP contribution in [0.15, 0.2) is 47.4 Å². The number of sulfonamides is 1. The van der Waals surface area contributed by atoms with Gasteiger partial charge in [0.2, 0.25) is 15.9 Å². The van der Waals surface area contributed by atoms with Crippen LogP contribution in [0.1, 0.15) is 24.1 Å². The maximum Gasteiger partial charge on any atom is 0.238 e. The summed E-state index contributed by atoms with van der Waals surface area (Å²) in [7, 11) is -3.79. The number of amides is 1. The van der Waals surface area contributed by atoms with Crippen LogP contribution < -0.4 is 10.5 Å². The van der Waals surface area contributed by atoms with Gasteiger partial charge in [-0.2, -0.15) is 0 Å². The van der Waals surface area contributed by atoms with E-state index in [0.29, 0.717) is 21.2 Å². The zero-order valence-corrected chi connectivity index (χ0v) is 15.1. The molecule has 1 amide bonds. The lowest BCUT2D eigenvalue weighted by Gasteiger charge is -2.15. The van der Waals surface area contributed by atoms with E-state index in [1.807, 2.05) is 0 Å². The van der Waals surface area contributed by atoms with Crippen LogP contribution >= 0.6 is 23.2 Å². The van der Waals surface area contributed by atoms with Gasteiger partial charge < -0.3 is 5.32 Å². The number of halogens is 2. The van der Waals surface area contributed by atoms with E-state index < -0.39 is 10.0 Å². The number of carbonyl (C=O) groups is 1. The van der Waals surface area contributed by atoms with Gasteiger partial charge in [-0.3, -0.25) is 4.79 Å². The smallest absolute Gasteiger partial charge is 0.238 e. The van der Waals surface area contributed by atoms with Crippen LogP contribution in [-0.2, 0) is 21.2 Å².